The quantitative estimate of drug-likeness (QED) is 0.237. The fraction of sp³-hybridized carbons (Fsp3) is 0.286. The smallest absolute Gasteiger partial charge is 0.185 e. The van der Waals surface area contributed by atoms with E-state index in [9.17, 15) is 4.79 Å². The largest absolute Gasteiger partial charge is 0.494 e. The van der Waals surface area contributed by atoms with Crippen molar-refractivity contribution in [3.63, 3.8) is 0 Å². The summed E-state index contributed by atoms with van der Waals surface area (Å²) in [6.45, 7) is 0.698. The number of ketones is 1. The van der Waals surface area contributed by atoms with Gasteiger partial charge in [0.1, 0.15) is 5.75 Å². The maximum absolute atomic E-state index is 12.2. The molecule has 2 aromatic carbocycles. The zero-order valence-electron chi connectivity index (χ0n) is 13.8. The fourth-order valence-electron chi connectivity index (χ4n) is 2.29. The summed E-state index contributed by atoms with van der Waals surface area (Å²) in [5.41, 5.74) is 1.68. The first kappa shape index (κ1) is 18.3. The van der Waals surface area contributed by atoms with Crippen molar-refractivity contribution in [2.45, 2.75) is 25.7 Å². The number of rotatable bonds is 10. The molecule has 0 N–H and O–H groups in total. The molecule has 0 aliphatic heterocycles. The summed E-state index contributed by atoms with van der Waals surface area (Å²) in [6.07, 6.45) is 7.80. The van der Waals surface area contributed by atoms with Crippen LogP contribution >= 0.6 is 11.6 Å². The van der Waals surface area contributed by atoms with Gasteiger partial charge in [-0.3, -0.25) is 4.79 Å². The average molecular weight is 343 g/mol. The van der Waals surface area contributed by atoms with Crippen molar-refractivity contribution < 1.29 is 9.53 Å². The summed E-state index contributed by atoms with van der Waals surface area (Å²) >= 11 is 5.64. The summed E-state index contributed by atoms with van der Waals surface area (Å²) in [6, 6.07) is 17.1. The summed E-state index contributed by atoms with van der Waals surface area (Å²) in [5, 5.41) is 0. The van der Waals surface area contributed by atoms with Crippen LogP contribution in [0.15, 0.2) is 60.7 Å². The molecule has 126 valence electrons. The Morgan fingerprint density at radius 3 is 2.33 bits per heavy atom. The Hall–Kier alpha value is -2.06. The maximum atomic E-state index is 12.2. The number of unbranched alkanes of at least 4 members (excludes halogenated alkanes) is 3. The summed E-state index contributed by atoms with van der Waals surface area (Å²) in [4.78, 5) is 12.2. The summed E-state index contributed by atoms with van der Waals surface area (Å²) in [5.74, 6) is 1.53. The Kier molecular flexibility index (Phi) is 8.12. The zero-order valence-corrected chi connectivity index (χ0v) is 14.5. The molecule has 0 amide bonds. The molecule has 24 heavy (non-hydrogen) atoms. The van der Waals surface area contributed by atoms with E-state index in [-0.39, 0.29) is 5.78 Å². The van der Waals surface area contributed by atoms with Crippen molar-refractivity contribution in [3.8, 4) is 5.75 Å². The Bertz CT molecular complexity index is 633. The van der Waals surface area contributed by atoms with Crippen LogP contribution in [0.1, 0.15) is 41.6 Å². The molecule has 0 unspecified atom stereocenters. The van der Waals surface area contributed by atoms with Gasteiger partial charge in [-0.1, -0.05) is 49.2 Å². The lowest BCUT2D eigenvalue weighted by molar-refractivity contribution is 0.104. The standard InChI is InChI=1S/C21H23ClO2/c22-16-6-1-2-7-17-24-20-13-11-19(12-14-20)21(23)15-10-18-8-4-3-5-9-18/h3-5,8-15H,1-2,6-7,16-17H2/b15-10+. The van der Waals surface area contributed by atoms with Gasteiger partial charge in [0.15, 0.2) is 5.78 Å². The van der Waals surface area contributed by atoms with Crippen molar-refractivity contribution in [1.82, 2.24) is 0 Å². The zero-order chi connectivity index (χ0) is 17.0. The molecule has 0 spiro atoms. The molecule has 0 radical (unpaired) electrons. The monoisotopic (exact) mass is 342 g/mol. The molecule has 0 aliphatic rings. The first-order valence-electron chi connectivity index (χ1n) is 8.36. The Morgan fingerprint density at radius 1 is 0.917 bits per heavy atom. The molecular weight excluding hydrogens is 320 g/mol. The molecule has 0 saturated heterocycles. The Balaban J connectivity index is 1.78. The van der Waals surface area contributed by atoms with Crippen molar-refractivity contribution in [2.75, 3.05) is 12.5 Å². The van der Waals surface area contributed by atoms with Gasteiger partial charge in [-0.15, -0.1) is 11.6 Å². The van der Waals surface area contributed by atoms with Crippen LogP contribution in [0.3, 0.4) is 0 Å². The minimum Gasteiger partial charge on any atom is -0.494 e. The van der Waals surface area contributed by atoms with E-state index in [1.807, 2.05) is 48.5 Å². The van der Waals surface area contributed by atoms with E-state index in [0.29, 0.717) is 12.2 Å². The average Bonchev–Trinajstić information content (AvgIpc) is 2.64. The van der Waals surface area contributed by atoms with Crippen LogP contribution in [0, 0.1) is 0 Å². The van der Waals surface area contributed by atoms with Crippen LogP contribution in [0.5, 0.6) is 5.75 Å². The van der Waals surface area contributed by atoms with Crippen LogP contribution < -0.4 is 4.74 Å². The molecule has 2 rings (SSSR count). The third-order valence-corrected chi connectivity index (χ3v) is 3.93. The number of alkyl halides is 1. The molecule has 0 bridgehead atoms. The van der Waals surface area contributed by atoms with E-state index in [4.69, 9.17) is 16.3 Å². The number of hydrogen-bond donors (Lipinski definition) is 0. The molecule has 2 nitrogen and oxygen atoms in total. The topological polar surface area (TPSA) is 26.3 Å². The molecule has 0 aliphatic carbocycles. The Labute approximate surface area is 149 Å². The highest BCUT2D eigenvalue weighted by molar-refractivity contribution is 6.17. The highest BCUT2D eigenvalue weighted by Gasteiger charge is 2.02. The van der Waals surface area contributed by atoms with E-state index < -0.39 is 0 Å². The lowest BCUT2D eigenvalue weighted by Gasteiger charge is -2.06. The second-order valence-electron chi connectivity index (χ2n) is 5.58. The Morgan fingerprint density at radius 2 is 1.62 bits per heavy atom. The van der Waals surface area contributed by atoms with E-state index >= 15 is 0 Å². The van der Waals surface area contributed by atoms with Gasteiger partial charge < -0.3 is 4.74 Å². The summed E-state index contributed by atoms with van der Waals surface area (Å²) < 4.78 is 5.69. The number of hydrogen-bond acceptors (Lipinski definition) is 2. The summed E-state index contributed by atoms with van der Waals surface area (Å²) in [7, 11) is 0. The molecule has 0 atom stereocenters. The van der Waals surface area contributed by atoms with E-state index in [2.05, 4.69) is 0 Å². The molecule has 0 saturated carbocycles. The third kappa shape index (κ3) is 6.59. The van der Waals surface area contributed by atoms with Gasteiger partial charge in [-0.25, -0.2) is 0 Å². The number of carbonyl (C=O) groups excluding carboxylic acids is 1. The first-order chi connectivity index (χ1) is 11.8. The SMILES string of the molecule is O=C(/C=C/c1ccccc1)c1ccc(OCCCCCCCl)cc1. The number of allylic oxidation sites excluding steroid dienone is 1. The number of benzene rings is 2. The van der Waals surface area contributed by atoms with E-state index in [0.717, 1.165) is 42.9 Å². The predicted octanol–water partition coefficient (Wildman–Crippen LogP) is 5.76. The van der Waals surface area contributed by atoms with E-state index in [1.165, 1.54) is 0 Å². The highest BCUT2D eigenvalue weighted by Crippen LogP contribution is 2.14. The van der Waals surface area contributed by atoms with Crippen LogP contribution in [-0.2, 0) is 0 Å². The third-order valence-electron chi connectivity index (χ3n) is 3.66. The van der Waals surface area contributed by atoms with Gasteiger partial charge in [0, 0.05) is 11.4 Å². The lowest BCUT2D eigenvalue weighted by Crippen LogP contribution is -1.99. The van der Waals surface area contributed by atoms with E-state index in [1.54, 1.807) is 18.2 Å². The van der Waals surface area contributed by atoms with Crippen LogP contribution in [0.25, 0.3) is 6.08 Å². The maximum Gasteiger partial charge on any atom is 0.185 e. The predicted molar refractivity (Wildman–Crippen MR) is 101 cm³/mol. The molecule has 0 aromatic heterocycles. The first-order valence-corrected chi connectivity index (χ1v) is 8.89. The number of halogens is 1. The van der Waals surface area contributed by atoms with Crippen molar-refractivity contribution in [2.24, 2.45) is 0 Å². The van der Waals surface area contributed by atoms with Gasteiger partial charge in [-0.05, 0) is 48.7 Å². The van der Waals surface area contributed by atoms with Gasteiger partial charge >= 0.3 is 0 Å². The second kappa shape index (κ2) is 10.7. The van der Waals surface area contributed by atoms with Crippen molar-refractivity contribution in [1.29, 1.82) is 0 Å². The van der Waals surface area contributed by atoms with Crippen molar-refractivity contribution in [3.05, 3.63) is 71.8 Å². The second-order valence-corrected chi connectivity index (χ2v) is 5.96. The fourth-order valence-corrected chi connectivity index (χ4v) is 2.48. The minimum absolute atomic E-state index is 0.00789. The van der Waals surface area contributed by atoms with Crippen LogP contribution in [0.2, 0.25) is 0 Å². The highest BCUT2D eigenvalue weighted by atomic mass is 35.5. The normalized spacial score (nSPS) is 10.9. The van der Waals surface area contributed by atoms with Gasteiger partial charge in [-0.2, -0.15) is 0 Å². The van der Waals surface area contributed by atoms with Crippen LogP contribution in [0.4, 0.5) is 0 Å². The molecule has 0 heterocycles. The van der Waals surface area contributed by atoms with Gasteiger partial charge in [0.25, 0.3) is 0 Å². The lowest BCUT2D eigenvalue weighted by atomic mass is 10.1. The van der Waals surface area contributed by atoms with Gasteiger partial charge in [0.05, 0.1) is 6.61 Å². The molecule has 3 heteroatoms. The minimum atomic E-state index is -0.00789. The van der Waals surface area contributed by atoms with Crippen LogP contribution in [-0.4, -0.2) is 18.3 Å². The van der Waals surface area contributed by atoms with Gasteiger partial charge in [0.2, 0.25) is 0 Å². The number of carbonyl (C=O) groups is 1. The molecular formula is C21H23ClO2. The molecule has 2 aromatic rings. The van der Waals surface area contributed by atoms with Crippen molar-refractivity contribution >= 4 is 23.5 Å². The molecule has 0 fully saturated rings. The number of ether oxygens (including phenoxy) is 1.